The van der Waals surface area contributed by atoms with Crippen molar-refractivity contribution < 1.29 is 14.6 Å². The van der Waals surface area contributed by atoms with Gasteiger partial charge in [-0.25, -0.2) is 4.79 Å². The zero-order chi connectivity index (χ0) is 17.4. The molecule has 0 unspecified atom stereocenters. The summed E-state index contributed by atoms with van der Waals surface area (Å²) < 4.78 is 5.80. The van der Waals surface area contributed by atoms with Crippen LogP contribution in [0.1, 0.15) is 49.8 Å². The Morgan fingerprint density at radius 1 is 1.36 bits per heavy atom. The number of nitrogens with zero attached hydrogens (tertiary/aromatic N) is 1. The SMILES string of the molecule is CCO[C@@H]1C[C@H](O)C12CCN(C(=O)N[C@@H]1CCc3ccccc31)CC2. The minimum atomic E-state index is -0.282. The summed E-state index contributed by atoms with van der Waals surface area (Å²) >= 11 is 0. The van der Waals surface area contributed by atoms with Gasteiger partial charge in [-0.2, -0.15) is 0 Å². The van der Waals surface area contributed by atoms with Crippen molar-refractivity contribution in [2.45, 2.75) is 57.3 Å². The Morgan fingerprint density at radius 2 is 2.12 bits per heavy atom. The van der Waals surface area contributed by atoms with Crippen LogP contribution in [0.5, 0.6) is 0 Å². The van der Waals surface area contributed by atoms with E-state index in [1.54, 1.807) is 0 Å². The highest BCUT2D eigenvalue weighted by Crippen LogP contribution is 2.51. The first-order valence-electron chi connectivity index (χ1n) is 9.57. The number of nitrogens with one attached hydrogen (secondary N) is 1. The number of piperidine rings is 1. The van der Waals surface area contributed by atoms with Gasteiger partial charge < -0.3 is 20.1 Å². The zero-order valence-corrected chi connectivity index (χ0v) is 14.9. The van der Waals surface area contributed by atoms with Crippen LogP contribution in [-0.2, 0) is 11.2 Å². The molecule has 1 spiro atoms. The van der Waals surface area contributed by atoms with Crippen molar-refractivity contribution in [3.8, 4) is 0 Å². The lowest BCUT2D eigenvalue weighted by atomic mass is 9.58. The van der Waals surface area contributed by atoms with Gasteiger partial charge in [-0.15, -0.1) is 0 Å². The molecule has 4 rings (SSSR count). The van der Waals surface area contributed by atoms with E-state index >= 15 is 0 Å². The molecule has 3 atom stereocenters. The molecule has 1 saturated heterocycles. The number of aliphatic hydroxyl groups excluding tert-OH is 1. The van der Waals surface area contributed by atoms with Crippen LogP contribution in [0, 0.1) is 5.41 Å². The molecular formula is C20H28N2O3. The molecule has 2 aliphatic carbocycles. The minimum Gasteiger partial charge on any atom is -0.392 e. The van der Waals surface area contributed by atoms with Crippen molar-refractivity contribution in [3.63, 3.8) is 0 Å². The van der Waals surface area contributed by atoms with Crippen molar-refractivity contribution in [1.82, 2.24) is 10.2 Å². The summed E-state index contributed by atoms with van der Waals surface area (Å²) in [4.78, 5) is 14.6. The molecule has 0 aromatic heterocycles. The number of aliphatic hydroxyl groups is 1. The first-order chi connectivity index (χ1) is 12.1. The van der Waals surface area contributed by atoms with E-state index in [2.05, 4.69) is 23.5 Å². The van der Waals surface area contributed by atoms with E-state index < -0.39 is 0 Å². The molecule has 136 valence electrons. The fourth-order valence-electron chi connectivity index (χ4n) is 4.89. The molecule has 1 saturated carbocycles. The third-order valence-electron chi connectivity index (χ3n) is 6.52. The Morgan fingerprint density at radius 3 is 2.84 bits per heavy atom. The summed E-state index contributed by atoms with van der Waals surface area (Å²) in [5.74, 6) is 0. The lowest BCUT2D eigenvalue weighted by Crippen LogP contribution is -2.63. The number of rotatable bonds is 3. The van der Waals surface area contributed by atoms with E-state index in [-0.39, 0.29) is 29.7 Å². The smallest absolute Gasteiger partial charge is 0.317 e. The van der Waals surface area contributed by atoms with Crippen LogP contribution in [0.25, 0.3) is 0 Å². The number of urea groups is 1. The molecular weight excluding hydrogens is 316 g/mol. The highest BCUT2D eigenvalue weighted by atomic mass is 16.5. The Labute approximate surface area is 149 Å². The fourth-order valence-corrected chi connectivity index (χ4v) is 4.89. The number of ether oxygens (including phenoxy) is 1. The number of hydrogen-bond acceptors (Lipinski definition) is 3. The second-order valence-electron chi connectivity index (χ2n) is 7.66. The van der Waals surface area contributed by atoms with Gasteiger partial charge in [-0.3, -0.25) is 0 Å². The second kappa shape index (κ2) is 6.61. The molecule has 1 heterocycles. The Bertz CT molecular complexity index is 638. The van der Waals surface area contributed by atoms with Gasteiger partial charge in [0.1, 0.15) is 0 Å². The summed E-state index contributed by atoms with van der Waals surface area (Å²) in [5.41, 5.74) is 2.48. The van der Waals surface area contributed by atoms with E-state index in [0.29, 0.717) is 19.7 Å². The standard InChI is InChI=1S/C20H28N2O3/c1-2-25-18-13-17(23)20(18)9-11-22(12-10-20)19(24)21-16-8-7-14-5-3-4-6-15(14)16/h3-6,16-18,23H,2,7-13H2,1H3,(H,21,24)/t16-,17+,18-/m1/s1. The Balaban J connectivity index is 1.35. The molecule has 1 aromatic rings. The van der Waals surface area contributed by atoms with Gasteiger partial charge in [0.25, 0.3) is 0 Å². The molecule has 25 heavy (non-hydrogen) atoms. The molecule has 2 amide bonds. The molecule has 0 radical (unpaired) electrons. The van der Waals surface area contributed by atoms with Gasteiger partial charge in [0.05, 0.1) is 18.2 Å². The fraction of sp³-hybridized carbons (Fsp3) is 0.650. The molecule has 3 aliphatic rings. The molecule has 5 nitrogen and oxygen atoms in total. The second-order valence-corrected chi connectivity index (χ2v) is 7.66. The summed E-state index contributed by atoms with van der Waals surface area (Å²) in [6, 6.07) is 8.53. The number of fused-ring (bicyclic) bond motifs is 1. The van der Waals surface area contributed by atoms with Crippen molar-refractivity contribution >= 4 is 6.03 Å². The Hall–Kier alpha value is -1.59. The highest BCUT2D eigenvalue weighted by molar-refractivity contribution is 5.75. The topological polar surface area (TPSA) is 61.8 Å². The first kappa shape index (κ1) is 16.9. The molecule has 2 N–H and O–H groups in total. The van der Waals surface area contributed by atoms with Crippen molar-refractivity contribution in [1.29, 1.82) is 0 Å². The summed E-state index contributed by atoms with van der Waals surface area (Å²) in [5, 5.41) is 13.5. The maximum atomic E-state index is 12.7. The highest BCUT2D eigenvalue weighted by Gasteiger charge is 2.56. The predicted octanol–water partition coefficient (Wildman–Crippen LogP) is 2.64. The van der Waals surface area contributed by atoms with Crippen LogP contribution < -0.4 is 5.32 Å². The number of likely N-dealkylation sites (tertiary alicyclic amines) is 1. The number of benzene rings is 1. The molecule has 1 aliphatic heterocycles. The van der Waals surface area contributed by atoms with Crippen LogP contribution in [0.4, 0.5) is 4.79 Å². The van der Waals surface area contributed by atoms with E-state index in [0.717, 1.165) is 32.1 Å². The van der Waals surface area contributed by atoms with E-state index in [4.69, 9.17) is 4.74 Å². The van der Waals surface area contributed by atoms with E-state index in [9.17, 15) is 9.90 Å². The lowest BCUT2D eigenvalue weighted by molar-refractivity contribution is -0.207. The third kappa shape index (κ3) is 2.83. The van der Waals surface area contributed by atoms with Crippen molar-refractivity contribution in [3.05, 3.63) is 35.4 Å². The normalized spacial score (nSPS) is 30.0. The van der Waals surface area contributed by atoms with Gasteiger partial charge in [0.15, 0.2) is 0 Å². The average molecular weight is 344 g/mol. The zero-order valence-electron chi connectivity index (χ0n) is 14.9. The lowest BCUT2D eigenvalue weighted by Gasteiger charge is -2.56. The largest absolute Gasteiger partial charge is 0.392 e. The number of hydrogen-bond donors (Lipinski definition) is 2. The number of carbonyl (C=O) groups excluding carboxylic acids is 1. The first-order valence-corrected chi connectivity index (χ1v) is 9.57. The van der Waals surface area contributed by atoms with Gasteiger partial charge in [-0.1, -0.05) is 24.3 Å². The van der Waals surface area contributed by atoms with Crippen LogP contribution in [0.2, 0.25) is 0 Å². The van der Waals surface area contributed by atoms with Crippen LogP contribution in [-0.4, -0.2) is 47.9 Å². The van der Waals surface area contributed by atoms with Crippen molar-refractivity contribution in [2.75, 3.05) is 19.7 Å². The maximum absolute atomic E-state index is 12.7. The molecule has 0 bridgehead atoms. The van der Waals surface area contributed by atoms with Gasteiger partial charge in [0.2, 0.25) is 0 Å². The van der Waals surface area contributed by atoms with Gasteiger partial charge in [-0.05, 0) is 43.7 Å². The van der Waals surface area contributed by atoms with Crippen LogP contribution in [0.15, 0.2) is 24.3 Å². The van der Waals surface area contributed by atoms with Crippen LogP contribution >= 0.6 is 0 Å². The quantitative estimate of drug-likeness (QED) is 0.886. The Kier molecular flexibility index (Phi) is 4.46. The van der Waals surface area contributed by atoms with Crippen LogP contribution in [0.3, 0.4) is 0 Å². The summed E-state index contributed by atoms with van der Waals surface area (Å²) in [7, 11) is 0. The number of aryl methyl sites for hydroxylation is 1. The average Bonchev–Trinajstić information content (AvgIpc) is 3.05. The number of carbonyl (C=O) groups is 1. The summed E-state index contributed by atoms with van der Waals surface area (Å²) in [6.45, 7) is 4.08. The van der Waals surface area contributed by atoms with Crippen molar-refractivity contribution in [2.24, 2.45) is 5.41 Å². The number of amides is 2. The molecule has 5 heteroatoms. The summed E-state index contributed by atoms with van der Waals surface area (Å²) in [6.07, 6.45) is 4.27. The van der Waals surface area contributed by atoms with Gasteiger partial charge >= 0.3 is 6.03 Å². The van der Waals surface area contributed by atoms with E-state index in [1.165, 1.54) is 11.1 Å². The van der Waals surface area contributed by atoms with Gasteiger partial charge in [0, 0.05) is 31.5 Å². The molecule has 1 aromatic carbocycles. The predicted molar refractivity (Wildman–Crippen MR) is 95.3 cm³/mol. The minimum absolute atomic E-state index is 0.0262. The third-order valence-corrected chi connectivity index (χ3v) is 6.52. The van der Waals surface area contributed by atoms with E-state index in [1.807, 2.05) is 17.9 Å². The molecule has 2 fully saturated rings. The maximum Gasteiger partial charge on any atom is 0.317 e. The monoisotopic (exact) mass is 344 g/mol.